The number of rotatable bonds is 4. The minimum atomic E-state index is 0.986. The third kappa shape index (κ3) is 4.29. The van der Waals surface area contributed by atoms with E-state index in [1.807, 2.05) is 24.4 Å². The molecule has 1 heterocycles. The predicted molar refractivity (Wildman–Crippen MR) is 183 cm³/mol. The number of pyridine rings is 1. The zero-order valence-corrected chi connectivity index (χ0v) is 24.0. The van der Waals surface area contributed by atoms with E-state index in [1.165, 1.54) is 60.1 Å². The quantitative estimate of drug-likeness (QED) is 0.200. The molecule has 0 atom stereocenters. The Morgan fingerprint density at radius 2 is 0.860 bits per heavy atom. The summed E-state index contributed by atoms with van der Waals surface area (Å²) in [5, 5.41) is 7.68. The van der Waals surface area contributed by atoms with Crippen LogP contribution < -0.4 is 0 Å². The Bertz CT molecular complexity index is 2200. The highest BCUT2D eigenvalue weighted by Crippen LogP contribution is 2.45. The number of hydrogen-bond donors (Lipinski definition) is 0. The zero-order valence-electron chi connectivity index (χ0n) is 24.0. The van der Waals surface area contributed by atoms with Gasteiger partial charge in [-0.15, -0.1) is 0 Å². The number of aryl methyl sites for hydroxylation is 1. The molecule has 0 aliphatic heterocycles. The van der Waals surface area contributed by atoms with E-state index in [9.17, 15) is 0 Å². The summed E-state index contributed by atoms with van der Waals surface area (Å²) in [6.07, 6.45) is 1.98. The maximum atomic E-state index is 4.75. The van der Waals surface area contributed by atoms with Crippen LogP contribution in [-0.2, 0) is 0 Å². The molecule has 0 unspecified atom stereocenters. The van der Waals surface area contributed by atoms with Crippen molar-refractivity contribution < 1.29 is 0 Å². The van der Waals surface area contributed by atoms with Gasteiger partial charge in [-0.2, -0.15) is 0 Å². The highest BCUT2D eigenvalue weighted by Gasteiger charge is 2.18. The Kier molecular flexibility index (Phi) is 6.09. The van der Waals surface area contributed by atoms with Gasteiger partial charge in [0.25, 0.3) is 0 Å². The molecule has 8 aromatic rings. The Hall–Kier alpha value is -5.53. The van der Waals surface area contributed by atoms with Crippen LogP contribution in [0.25, 0.3) is 77.0 Å². The predicted octanol–water partition coefficient (Wildman–Crippen LogP) is 11.5. The second kappa shape index (κ2) is 10.4. The summed E-state index contributed by atoms with van der Waals surface area (Å²) < 4.78 is 0. The molecule has 0 aliphatic carbocycles. The van der Waals surface area contributed by atoms with E-state index in [4.69, 9.17) is 4.98 Å². The molecular formula is C42H29N. The number of aromatic nitrogens is 1. The molecule has 0 spiro atoms. The molecule has 202 valence electrons. The molecule has 0 bridgehead atoms. The van der Waals surface area contributed by atoms with Crippen LogP contribution in [0.1, 0.15) is 5.56 Å². The fourth-order valence-corrected chi connectivity index (χ4v) is 6.57. The van der Waals surface area contributed by atoms with Crippen molar-refractivity contribution in [3.8, 4) is 44.6 Å². The standard InChI is InChI=1S/C42H29N/c1-28-19-25-39(34-14-6-5-13-33(28)34)42-37-17-9-7-15-35(37)41(36-16-8-10-18-38(36)42)31-22-20-29(21-23-31)32-24-26-40(43-27-32)30-11-3-2-4-12-30/h2-27H,1H3. The molecule has 43 heavy (non-hydrogen) atoms. The van der Waals surface area contributed by atoms with Crippen molar-refractivity contribution in [2.24, 2.45) is 0 Å². The van der Waals surface area contributed by atoms with Gasteiger partial charge >= 0.3 is 0 Å². The van der Waals surface area contributed by atoms with Crippen LogP contribution in [0.5, 0.6) is 0 Å². The van der Waals surface area contributed by atoms with E-state index >= 15 is 0 Å². The summed E-state index contributed by atoms with van der Waals surface area (Å²) in [5.41, 5.74) is 10.8. The first-order valence-corrected chi connectivity index (χ1v) is 14.8. The van der Waals surface area contributed by atoms with Gasteiger partial charge in [-0.05, 0) is 78.7 Å². The molecule has 0 saturated carbocycles. The van der Waals surface area contributed by atoms with E-state index < -0.39 is 0 Å². The summed E-state index contributed by atoms with van der Waals surface area (Å²) in [6.45, 7) is 2.20. The highest BCUT2D eigenvalue weighted by atomic mass is 14.7. The van der Waals surface area contributed by atoms with Crippen molar-refractivity contribution in [1.82, 2.24) is 4.98 Å². The summed E-state index contributed by atoms with van der Waals surface area (Å²) in [6, 6.07) is 54.6. The monoisotopic (exact) mass is 547 g/mol. The molecule has 7 aromatic carbocycles. The van der Waals surface area contributed by atoms with E-state index in [1.54, 1.807) is 0 Å². The second-order valence-corrected chi connectivity index (χ2v) is 11.2. The Morgan fingerprint density at radius 3 is 1.47 bits per heavy atom. The first-order chi connectivity index (χ1) is 21.3. The van der Waals surface area contributed by atoms with Crippen LogP contribution in [0.15, 0.2) is 158 Å². The molecule has 0 saturated heterocycles. The SMILES string of the molecule is Cc1ccc(-c2c3ccccc3c(-c3ccc(-c4ccc(-c5ccccc5)nc4)cc3)c3ccccc23)c2ccccc12. The Morgan fingerprint density at radius 1 is 0.349 bits per heavy atom. The lowest BCUT2D eigenvalue weighted by atomic mass is 9.84. The first-order valence-electron chi connectivity index (χ1n) is 14.8. The van der Waals surface area contributed by atoms with Gasteiger partial charge in [0.1, 0.15) is 0 Å². The first kappa shape index (κ1) is 25.2. The maximum Gasteiger partial charge on any atom is 0.0702 e. The van der Waals surface area contributed by atoms with Crippen molar-refractivity contribution in [3.63, 3.8) is 0 Å². The average Bonchev–Trinajstić information content (AvgIpc) is 3.08. The molecule has 1 aromatic heterocycles. The van der Waals surface area contributed by atoms with Crippen molar-refractivity contribution in [2.45, 2.75) is 6.92 Å². The van der Waals surface area contributed by atoms with Gasteiger partial charge in [-0.3, -0.25) is 4.98 Å². The smallest absolute Gasteiger partial charge is 0.0702 e. The molecule has 0 amide bonds. The molecule has 0 N–H and O–H groups in total. The number of nitrogens with zero attached hydrogens (tertiary/aromatic N) is 1. The third-order valence-electron chi connectivity index (χ3n) is 8.68. The van der Waals surface area contributed by atoms with E-state index in [-0.39, 0.29) is 0 Å². The molecular weight excluding hydrogens is 518 g/mol. The van der Waals surface area contributed by atoms with Gasteiger partial charge in [0.15, 0.2) is 0 Å². The van der Waals surface area contributed by atoms with Crippen LogP contribution in [-0.4, -0.2) is 4.98 Å². The fraction of sp³-hybridized carbons (Fsp3) is 0.0238. The van der Waals surface area contributed by atoms with E-state index in [0.29, 0.717) is 0 Å². The highest BCUT2D eigenvalue weighted by molar-refractivity contribution is 6.23. The van der Waals surface area contributed by atoms with Gasteiger partial charge in [-0.1, -0.05) is 146 Å². The van der Waals surface area contributed by atoms with Crippen LogP contribution in [0, 0.1) is 6.92 Å². The molecule has 0 aliphatic rings. The summed E-state index contributed by atoms with van der Waals surface area (Å²) in [5.74, 6) is 0. The Labute approximate surface area is 251 Å². The van der Waals surface area contributed by atoms with Crippen LogP contribution >= 0.6 is 0 Å². The number of benzene rings is 7. The average molecular weight is 548 g/mol. The van der Waals surface area contributed by atoms with Gasteiger partial charge in [-0.25, -0.2) is 0 Å². The van der Waals surface area contributed by atoms with Crippen molar-refractivity contribution >= 4 is 32.3 Å². The largest absolute Gasteiger partial charge is 0.256 e. The molecule has 1 nitrogen and oxygen atoms in total. The van der Waals surface area contributed by atoms with Crippen molar-refractivity contribution in [2.75, 3.05) is 0 Å². The van der Waals surface area contributed by atoms with Crippen molar-refractivity contribution in [1.29, 1.82) is 0 Å². The zero-order chi connectivity index (χ0) is 28.8. The second-order valence-electron chi connectivity index (χ2n) is 11.2. The summed E-state index contributed by atoms with van der Waals surface area (Å²) in [4.78, 5) is 4.75. The maximum absolute atomic E-state index is 4.75. The van der Waals surface area contributed by atoms with E-state index in [0.717, 1.165) is 22.4 Å². The lowest BCUT2D eigenvalue weighted by molar-refractivity contribution is 1.32. The Balaban J connectivity index is 1.29. The fourth-order valence-electron chi connectivity index (χ4n) is 6.57. The van der Waals surface area contributed by atoms with Crippen LogP contribution in [0.4, 0.5) is 0 Å². The molecule has 8 rings (SSSR count). The summed E-state index contributed by atoms with van der Waals surface area (Å²) >= 11 is 0. The lowest BCUT2D eigenvalue weighted by Gasteiger charge is -2.19. The lowest BCUT2D eigenvalue weighted by Crippen LogP contribution is -1.92. The summed E-state index contributed by atoms with van der Waals surface area (Å²) in [7, 11) is 0. The van der Waals surface area contributed by atoms with Gasteiger partial charge in [0.05, 0.1) is 5.69 Å². The number of fused-ring (bicyclic) bond motifs is 3. The van der Waals surface area contributed by atoms with Crippen LogP contribution in [0.3, 0.4) is 0 Å². The normalized spacial score (nSPS) is 11.4. The third-order valence-corrected chi connectivity index (χ3v) is 8.68. The molecule has 0 fully saturated rings. The van der Waals surface area contributed by atoms with Crippen LogP contribution in [0.2, 0.25) is 0 Å². The topological polar surface area (TPSA) is 12.9 Å². The van der Waals surface area contributed by atoms with Gasteiger partial charge in [0, 0.05) is 17.3 Å². The van der Waals surface area contributed by atoms with Gasteiger partial charge in [0.2, 0.25) is 0 Å². The van der Waals surface area contributed by atoms with Crippen molar-refractivity contribution in [3.05, 3.63) is 163 Å². The number of hydrogen-bond acceptors (Lipinski definition) is 1. The molecule has 1 heteroatoms. The minimum absolute atomic E-state index is 0.986. The minimum Gasteiger partial charge on any atom is -0.256 e. The molecule has 0 radical (unpaired) electrons. The van der Waals surface area contributed by atoms with Gasteiger partial charge < -0.3 is 0 Å². The van der Waals surface area contributed by atoms with E-state index in [2.05, 4.69) is 140 Å².